The molecule has 1 radical (unpaired) electrons. The van der Waals surface area contributed by atoms with Gasteiger partial charge in [0.25, 0.3) is 5.09 Å². The van der Waals surface area contributed by atoms with Gasteiger partial charge in [0.1, 0.15) is 0 Å². The number of hydrogen-bond donors (Lipinski definition) is 0. The topological polar surface area (TPSA) is 61.6 Å². The highest BCUT2D eigenvalue weighted by Crippen LogP contribution is 2.49. The van der Waals surface area contributed by atoms with Gasteiger partial charge in [0.15, 0.2) is 6.10 Å². The van der Waals surface area contributed by atoms with Gasteiger partial charge in [0.2, 0.25) is 0 Å². The van der Waals surface area contributed by atoms with Gasteiger partial charge in [0, 0.05) is 5.92 Å². The van der Waals surface area contributed by atoms with Gasteiger partial charge in [-0.3, -0.25) is 0 Å². The summed E-state index contributed by atoms with van der Waals surface area (Å²) in [6.45, 7) is 4.17. The molecule has 1 saturated heterocycles. The van der Waals surface area contributed by atoms with Crippen LogP contribution in [0.1, 0.15) is 58.8 Å². The molecular weight excluding hydrogens is 246 g/mol. The predicted molar refractivity (Wildman–Crippen MR) is 70.6 cm³/mol. The van der Waals surface area contributed by atoms with Crippen LogP contribution >= 0.6 is 0 Å². The molecule has 2 rings (SSSR count). The van der Waals surface area contributed by atoms with Crippen molar-refractivity contribution in [3.8, 4) is 0 Å². The van der Waals surface area contributed by atoms with E-state index in [1.165, 1.54) is 6.42 Å². The molecule has 1 saturated carbocycles. The molecule has 2 fully saturated rings. The lowest BCUT2D eigenvalue weighted by atomic mass is 9.81. The summed E-state index contributed by atoms with van der Waals surface area (Å²) in [5.74, 6) is 0.547. The van der Waals surface area contributed by atoms with Crippen LogP contribution in [0.15, 0.2) is 0 Å². The van der Waals surface area contributed by atoms with Crippen molar-refractivity contribution in [3.63, 3.8) is 0 Å². The quantitative estimate of drug-likeness (QED) is 0.524. The Morgan fingerprint density at radius 1 is 1.42 bits per heavy atom. The molecule has 0 aromatic carbocycles. The predicted octanol–water partition coefficient (Wildman–Crippen LogP) is 3.51. The highest BCUT2D eigenvalue weighted by molar-refractivity contribution is 5.03. The molecule has 1 heterocycles. The summed E-state index contributed by atoms with van der Waals surface area (Å²) >= 11 is 0. The fraction of sp³-hybridized carbons (Fsp3) is 0.929. The summed E-state index contributed by atoms with van der Waals surface area (Å²) in [4.78, 5) is 15.7. The highest BCUT2D eigenvalue weighted by Gasteiger charge is 2.50. The Bertz CT molecular complexity index is 310. The van der Waals surface area contributed by atoms with E-state index in [4.69, 9.17) is 9.57 Å². The van der Waals surface area contributed by atoms with Crippen molar-refractivity contribution in [1.82, 2.24) is 0 Å². The summed E-state index contributed by atoms with van der Waals surface area (Å²) in [5, 5.41) is 10.1. The largest absolute Gasteiger partial charge is 0.374 e. The van der Waals surface area contributed by atoms with Crippen molar-refractivity contribution >= 4 is 0 Å². The Balaban J connectivity index is 2.09. The SMILES string of the molecule is CCCC[C](O[N+](=O)[O-])C1[C@@H](CC)O[C@H]2CCC[C@@H]12. The van der Waals surface area contributed by atoms with Crippen molar-refractivity contribution < 1.29 is 14.7 Å². The van der Waals surface area contributed by atoms with Crippen LogP contribution in [0.3, 0.4) is 0 Å². The molecule has 19 heavy (non-hydrogen) atoms. The zero-order valence-corrected chi connectivity index (χ0v) is 11.8. The zero-order valence-electron chi connectivity index (χ0n) is 11.8. The van der Waals surface area contributed by atoms with E-state index in [0.29, 0.717) is 24.5 Å². The van der Waals surface area contributed by atoms with Gasteiger partial charge < -0.3 is 9.57 Å². The molecule has 1 aliphatic heterocycles. The van der Waals surface area contributed by atoms with Crippen LogP contribution in [0, 0.1) is 28.1 Å². The first-order chi connectivity index (χ1) is 9.17. The lowest BCUT2D eigenvalue weighted by Gasteiger charge is -2.27. The van der Waals surface area contributed by atoms with Gasteiger partial charge in [-0.25, -0.2) is 0 Å². The first-order valence-electron chi connectivity index (χ1n) is 7.50. The molecule has 5 nitrogen and oxygen atoms in total. The highest BCUT2D eigenvalue weighted by atomic mass is 17.0. The molecular formula is C14H24NO4. The third-order valence-corrected chi connectivity index (χ3v) is 4.46. The number of unbranched alkanes of at least 4 members (excludes halogenated alkanes) is 1. The minimum Gasteiger partial charge on any atom is -0.374 e. The van der Waals surface area contributed by atoms with Crippen molar-refractivity contribution in [2.75, 3.05) is 0 Å². The van der Waals surface area contributed by atoms with E-state index in [-0.39, 0.29) is 12.0 Å². The van der Waals surface area contributed by atoms with Gasteiger partial charge in [-0.1, -0.05) is 33.1 Å². The van der Waals surface area contributed by atoms with Crippen LogP contribution in [-0.2, 0) is 9.57 Å². The molecule has 109 valence electrons. The van der Waals surface area contributed by atoms with Crippen LogP contribution < -0.4 is 0 Å². The Kier molecular flexibility index (Phi) is 5.02. The Morgan fingerprint density at radius 2 is 2.21 bits per heavy atom. The molecule has 2 aliphatic rings. The smallest absolute Gasteiger partial charge is 0.295 e. The number of ether oxygens (including phenoxy) is 1. The number of nitrogens with zero attached hydrogens (tertiary/aromatic N) is 1. The molecule has 0 amide bonds. The molecule has 1 aliphatic carbocycles. The van der Waals surface area contributed by atoms with E-state index < -0.39 is 5.09 Å². The Morgan fingerprint density at radius 3 is 2.84 bits per heavy atom. The second kappa shape index (κ2) is 6.55. The first kappa shape index (κ1) is 14.6. The zero-order chi connectivity index (χ0) is 13.8. The fourth-order valence-electron chi connectivity index (χ4n) is 3.64. The first-order valence-corrected chi connectivity index (χ1v) is 7.50. The normalized spacial score (nSPS) is 33.6. The molecule has 0 aromatic rings. The minimum absolute atomic E-state index is 0.0992. The van der Waals surface area contributed by atoms with Gasteiger partial charge in [-0.15, -0.1) is 10.1 Å². The van der Waals surface area contributed by atoms with Crippen molar-refractivity contribution in [2.24, 2.45) is 11.8 Å². The van der Waals surface area contributed by atoms with E-state index in [0.717, 1.165) is 32.1 Å². The summed E-state index contributed by atoms with van der Waals surface area (Å²) in [6, 6.07) is 0. The molecule has 0 bridgehead atoms. The monoisotopic (exact) mass is 270 g/mol. The molecule has 1 unspecified atom stereocenters. The standard InChI is InChI=1S/C14H24NO4/c1-3-5-8-13(19-15(16)17)14-10-7-6-9-12(10)18-11(14)4-2/h10-12,14H,3-9H2,1-2H3/t10-,11-,12+,14?/m1/s1. The summed E-state index contributed by atoms with van der Waals surface area (Å²) in [7, 11) is 0. The van der Waals surface area contributed by atoms with E-state index >= 15 is 0 Å². The van der Waals surface area contributed by atoms with Gasteiger partial charge in [0.05, 0.1) is 12.2 Å². The fourth-order valence-corrected chi connectivity index (χ4v) is 3.64. The third kappa shape index (κ3) is 3.19. The van der Waals surface area contributed by atoms with Gasteiger partial charge >= 0.3 is 0 Å². The molecule has 5 heteroatoms. The summed E-state index contributed by atoms with van der Waals surface area (Å²) in [5.41, 5.74) is 0. The van der Waals surface area contributed by atoms with Gasteiger partial charge in [-0.2, -0.15) is 0 Å². The molecule has 0 aromatic heterocycles. The van der Waals surface area contributed by atoms with E-state index in [9.17, 15) is 10.1 Å². The minimum atomic E-state index is -0.653. The van der Waals surface area contributed by atoms with Crippen molar-refractivity contribution in [2.45, 2.75) is 71.0 Å². The van der Waals surface area contributed by atoms with Crippen molar-refractivity contribution in [1.29, 1.82) is 0 Å². The number of hydrogen-bond acceptors (Lipinski definition) is 4. The molecule has 0 N–H and O–H groups in total. The molecule has 4 atom stereocenters. The van der Waals surface area contributed by atoms with Gasteiger partial charge in [-0.05, 0) is 31.6 Å². The maximum atomic E-state index is 10.7. The van der Waals surface area contributed by atoms with Crippen LogP contribution in [-0.4, -0.2) is 17.3 Å². The van der Waals surface area contributed by atoms with E-state index in [2.05, 4.69) is 13.8 Å². The Labute approximate surface area is 114 Å². The van der Waals surface area contributed by atoms with Crippen LogP contribution in [0.4, 0.5) is 0 Å². The number of rotatable bonds is 7. The average Bonchev–Trinajstić information content (AvgIpc) is 2.93. The van der Waals surface area contributed by atoms with Crippen LogP contribution in [0.2, 0.25) is 0 Å². The van der Waals surface area contributed by atoms with E-state index in [1.807, 2.05) is 0 Å². The summed E-state index contributed by atoms with van der Waals surface area (Å²) < 4.78 is 6.07. The summed E-state index contributed by atoms with van der Waals surface area (Å²) in [6.07, 6.45) is 7.95. The third-order valence-electron chi connectivity index (χ3n) is 4.46. The second-order valence-corrected chi connectivity index (χ2v) is 5.63. The van der Waals surface area contributed by atoms with Crippen LogP contribution in [0.5, 0.6) is 0 Å². The lowest BCUT2D eigenvalue weighted by Crippen LogP contribution is -2.30. The lowest BCUT2D eigenvalue weighted by molar-refractivity contribution is -0.755. The maximum absolute atomic E-state index is 10.7. The maximum Gasteiger partial charge on any atom is 0.295 e. The molecule has 0 spiro atoms. The van der Waals surface area contributed by atoms with E-state index in [1.54, 1.807) is 0 Å². The average molecular weight is 270 g/mol. The Hall–Kier alpha value is -0.840. The van der Waals surface area contributed by atoms with Crippen molar-refractivity contribution in [3.05, 3.63) is 16.2 Å². The van der Waals surface area contributed by atoms with Crippen LogP contribution in [0.25, 0.3) is 0 Å². The number of fused-ring (bicyclic) bond motifs is 1. The second-order valence-electron chi connectivity index (χ2n) is 5.63.